The van der Waals surface area contributed by atoms with Crippen molar-refractivity contribution >= 4 is 11.8 Å². The van der Waals surface area contributed by atoms with Gasteiger partial charge in [-0.1, -0.05) is 0 Å². The lowest BCUT2D eigenvalue weighted by molar-refractivity contribution is 0.0735. The van der Waals surface area contributed by atoms with Gasteiger partial charge in [0.1, 0.15) is 17.1 Å². The van der Waals surface area contributed by atoms with E-state index in [1.54, 1.807) is 42.2 Å². The van der Waals surface area contributed by atoms with Crippen molar-refractivity contribution in [1.82, 2.24) is 9.55 Å². The second kappa shape index (κ2) is 4.06. The molecule has 2 aromatic heterocycles. The molecule has 2 aromatic rings. The molecule has 2 heterocycles. The molecule has 0 atom stereocenters. The van der Waals surface area contributed by atoms with Crippen LogP contribution in [0.4, 0.5) is 5.82 Å². The number of rotatable bonds is 2. The maximum atomic E-state index is 11.7. The first-order valence-corrected chi connectivity index (χ1v) is 4.71. The van der Waals surface area contributed by atoms with Crippen molar-refractivity contribution in [1.29, 1.82) is 0 Å². The predicted octanol–water partition coefficient (Wildman–Crippen LogP) is 1.22. The Balaban J connectivity index is 2.18. The second-order valence-electron chi connectivity index (χ2n) is 3.30. The summed E-state index contributed by atoms with van der Waals surface area (Å²) in [5.41, 5.74) is 6.06. The Hall–Kier alpha value is -2.30. The quantitative estimate of drug-likeness (QED) is 0.768. The fourth-order valence-electron chi connectivity index (χ4n) is 1.28. The van der Waals surface area contributed by atoms with E-state index in [9.17, 15) is 4.79 Å². The van der Waals surface area contributed by atoms with Crippen LogP contribution in [0.15, 0.2) is 36.8 Å². The number of ether oxygens (including phenoxy) is 1. The van der Waals surface area contributed by atoms with Crippen molar-refractivity contribution in [3.05, 3.63) is 42.4 Å². The van der Waals surface area contributed by atoms with Gasteiger partial charge in [-0.15, -0.1) is 0 Å². The van der Waals surface area contributed by atoms with Crippen molar-refractivity contribution < 1.29 is 9.53 Å². The van der Waals surface area contributed by atoms with Crippen LogP contribution in [0.2, 0.25) is 0 Å². The Labute approximate surface area is 92.5 Å². The number of hydrogen-bond donors (Lipinski definition) is 1. The summed E-state index contributed by atoms with van der Waals surface area (Å²) < 4.78 is 6.75. The molecular formula is C11H11N3O2. The standard InChI is InChI=1S/C11H11N3O2/c1-14-6-4-9(10(14)12)11(15)16-8-3-2-5-13-7-8/h2-7H,12H2,1H3. The summed E-state index contributed by atoms with van der Waals surface area (Å²) in [5.74, 6) is 0.302. The Morgan fingerprint density at radius 1 is 1.50 bits per heavy atom. The van der Waals surface area contributed by atoms with Gasteiger partial charge in [-0.05, 0) is 18.2 Å². The third-order valence-electron chi connectivity index (χ3n) is 2.19. The number of carbonyl (C=O) groups is 1. The normalized spacial score (nSPS) is 10.1. The van der Waals surface area contributed by atoms with Crippen LogP contribution >= 0.6 is 0 Å². The second-order valence-corrected chi connectivity index (χ2v) is 3.30. The van der Waals surface area contributed by atoms with E-state index in [2.05, 4.69) is 4.98 Å². The minimum atomic E-state index is -0.480. The predicted molar refractivity (Wildman–Crippen MR) is 59.0 cm³/mol. The first-order chi connectivity index (χ1) is 7.68. The third kappa shape index (κ3) is 1.88. The summed E-state index contributed by atoms with van der Waals surface area (Å²) in [6.07, 6.45) is 4.78. The number of aryl methyl sites for hydroxylation is 1. The molecule has 0 fully saturated rings. The molecule has 16 heavy (non-hydrogen) atoms. The van der Waals surface area contributed by atoms with E-state index in [1.165, 1.54) is 6.20 Å². The van der Waals surface area contributed by atoms with Crippen molar-refractivity contribution in [2.75, 3.05) is 5.73 Å². The van der Waals surface area contributed by atoms with Gasteiger partial charge in [0.05, 0.1) is 6.20 Å². The van der Waals surface area contributed by atoms with Crippen LogP contribution in [0.1, 0.15) is 10.4 Å². The van der Waals surface area contributed by atoms with Crippen LogP contribution in [0.5, 0.6) is 5.75 Å². The molecule has 0 bridgehead atoms. The Morgan fingerprint density at radius 2 is 2.31 bits per heavy atom. The fraction of sp³-hybridized carbons (Fsp3) is 0.0909. The SMILES string of the molecule is Cn1ccc(C(=O)Oc2cccnc2)c1N. The van der Waals surface area contributed by atoms with Gasteiger partial charge in [0.15, 0.2) is 0 Å². The van der Waals surface area contributed by atoms with Crippen molar-refractivity contribution in [2.45, 2.75) is 0 Å². The Morgan fingerprint density at radius 3 is 2.88 bits per heavy atom. The van der Waals surface area contributed by atoms with Gasteiger partial charge in [0.25, 0.3) is 0 Å². The van der Waals surface area contributed by atoms with Crippen LogP contribution in [0.3, 0.4) is 0 Å². The lowest BCUT2D eigenvalue weighted by Gasteiger charge is -2.03. The highest BCUT2D eigenvalue weighted by molar-refractivity contribution is 5.95. The van der Waals surface area contributed by atoms with E-state index in [0.717, 1.165) is 0 Å². The van der Waals surface area contributed by atoms with Gasteiger partial charge in [-0.2, -0.15) is 0 Å². The molecule has 0 aromatic carbocycles. The van der Waals surface area contributed by atoms with Gasteiger partial charge in [0, 0.05) is 19.4 Å². The van der Waals surface area contributed by atoms with E-state index in [-0.39, 0.29) is 0 Å². The molecule has 82 valence electrons. The number of hydrogen-bond acceptors (Lipinski definition) is 4. The minimum Gasteiger partial charge on any atom is -0.421 e. The fourth-order valence-corrected chi connectivity index (χ4v) is 1.28. The first-order valence-electron chi connectivity index (χ1n) is 4.71. The molecule has 5 heteroatoms. The molecular weight excluding hydrogens is 206 g/mol. The minimum absolute atomic E-state index is 0.353. The molecule has 0 aliphatic heterocycles. The highest BCUT2D eigenvalue weighted by atomic mass is 16.5. The van der Waals surface area contributed by atoms with E-state index in [1.807, 2.05) is 0 Å². The number of aromatic nitrogens is 2. The largest absolute Gasteiger partial charge is 0.421 e. The molecule has 5 nitrogen and oxygen atoms in total. The smallest absolute Gasteiger partial charge is 0.347 e. The monoisotopic (exact) mass is 217 g/mol. The van der Waals surface area contributed by atoms with E-state index in [0.29, 0.717) is 17.1 Å². The average Bonchev–Trinajstić information content (AvgIpc) is 2.61. The summed E-state index contributed by atoms with van der Waals surface area (Å²) in [6.45, 7) is 0. The number of nitrogens with zero attached hydrogens (tertiary/aromatic N) is 2. The molecule has 0 radical (unpaired) electrons. The van der Waals surface area contributed by atoms with Gasteiger partial charge in [-0.3, -0.25) is 4.98 Å². The van der Waals surface area contributed by atoms with Gasteiger partial charge >= 0.3 is 5.97 Å². The molecule has 0 saturated carbocycles. The zero-order chi connectivity index (χ0) is 11.5. The van der Waals surface area contributed by atoms with Crippen molar-refractivity contribution in [2.24, 2.45) is 7.05 Å². The zero-order valence-corrected chi connectivity index (χ0v) is 8.75. The molecule has 2 N–H and O–H groups in total. The Bertz CT molecular complexity index is 505. The Kier molecular flexibility index (Phi) is 2.59. The average molecular weight is 217 g/mol. The van der Waals surface area contributed by atoms with E-state index in [4.69, 9.17) is 10.5 Å². The van der Waals surface area contributed by atoms with Crippen LogP contribution in [0, 0.1) is 0 Å². The lowest BCUT2D eigenvalue weighted by atomic mass is 10.3. The van der Waals surface area contributed by atoms with Gasteiger partial charge in [-0.25, -0.2) is 4.79 Å². The van der Waals surface area contributed by atoms with Crippen molar-refractivity contribution in [3.8, 4) is 5.75 Å². The van der Waals surface area contributed by atoms with E-state index < -0.39 is 5.97 Å². The summed E-state index contributed by atoms with van der Waals surface area (Å²) >= 11 is 0. The number of esters is 1. The highest BCUT2D eigenvalue weighted by Gasteiger charge is 2.14. The van der Waals surface area contributed by atoms with Gasteiger partial charge < -0.3 is 15.0 Å². The molecule has 0 saturated heterocycles. The maximum Gasteiger partial charge on any atom is 0.347 e. The van der Waals surface area contributed by atoms with Crippen LogP contribution in [-0.2, 0) is 7.05 Å². The third-order valence-corrected chi connectivity index (χ3v) is 2.19. The summed E-state index contributed by atoms with van der Waals surface area (Å²) in [4.78, 5) is 15.6. The van der Waals surface area contributed by atoms with Crippen LogP contribution in [-0.4, -0.2) is 15.5 Å². The maximum absolute atomic E-state index is 11.7. The molecule has 0 aliphatic carbocycles. The zero-order valence-electron chi connectivity index (χ0n) is 8.75. The number of carbonyl (C=O) groups excluding carboxylic acids is 1. The number of nitrogen functional groups attached to an aromatic ring is 1. The molecule has 0 amide bonds. The lowest BCUT2D eigenvalue weighted by Crippen LogP contribution is -2.11. The topological polar surface area (TPSA) is 70.1 Å². The first kappa shape index (κ1) is 10.2. The number of pyridine rings is 1. The molecule has 0 unspecified atom stereocenters. The number of anilines is 1. The van der Waals surface area contributed by atoms with Crippen LogP contribution in [0.25, 0.3) is 0 Å². The molecule has 2 rings (SSSR count). The van der Waals surface area contributed by atoms with E-state index >= 15 is 0 Å². The van der Waals surface area contributed by atoms with Gasteiger partial charge in [0.2, 0.25) is 0 Å². The number of nitrogens with two attached hydrogens (primary N) is 1. The summed E-state index contributed by atoms with van der Waals surface area (Å²) in [5, 5.41) is 0. The van der Waals surface area contributed by atoms with Crippen molar-refractivity contribution in [3.63, 3.8) is 0 Å². The highest BCUT2D eigenvalue weighted by Crippen LogP contribution is 2.15. The molecule has 0 aliphatic rings. The summed E-state index contributed by atoms with van der Waals surface area (Å²) in [7, 11) is 1.76. The molecule has 0 spiro atoms. The van der Waals surface area contributed by atoms with Crippen LogP contribution < -0.4 is 10.5 Å². The summed E-state index contributed by atoms with van der Waals surface area (Å²) in [6, 6.07) is 4.97.